The molecule has 0 aliphatic heterocycles. The van der Waals surface area contributed by atoms with E-state index in [2.05, 4.69) is 15.6 Å². The summed E-state index contributed by atoms with van der Waals surface area (Å²) < 4.78 is 5.63. The lowest BCUT2D eigenvalue weighted by Crippen LogP contribution is -2.39. The first kappa shape index (κ1) is 17.0. The van der Waals surface area contributed by atoms with E-state index < -0.39 is 0 Å². The second kappa shape index (κ2) is 7.85. The van der Waals surface area contributed by atoms with Crippen molar-refractivity contribution in [3.05, 3.63) is 65.9 Å². The van der Waals surface area contributed by atoms with Gasteiger partial charge in [0.15, 0.2) is 0 Å². The van der Waals surface area contributed by atoms with Crippen molar-refractivity contribution in [1.82, 2.24) is 10.3 Å². The number of benzene rings is 2. The minimum absolute atomic E-state index is 0.171. The predicted molar refractivity (Wildman–Crippen MR) is 100 cm³/mol. The summed E-state index contributed by atoms with van der Waals surface area (Å²) >= 11 is 5.92. The molecule has 1 heterocycles. The van der Waals surface area contributed by atoms with Gasteiger partial charge in [-0.2, -0.15) is 0 Å². The fraction of sp³-hybridized carbons (Fsp3) is 0.158. The molecule has 0 unspecified atom stereocenters. The number of hydrogen-bond acceptors (Lipinski definition) is 3. The van der Waals surface area contributed by atoms with Crippen molar-refractivity contribution in [2.45, 2.75) is 13.0 Å². The first-order valence-electron chi connectivity index (χ1n) is 7.90. The third-order valence-electron chi connectivity index (χ3n) is 3.60. The first-order chi connectivity index (χ1) is 12.1. The molecule has 128 valence electrons. The van der Waals surface area contributed by atoms with E-state index in [4.69, 9.17) is 16.3 Å². The molecule has 0 fully saturated rings. The molecule has 3 aromatic rings. The zero-order chi connectivity index (χ0) is 17.6. The van der Waals surface area contributed by atoms with Crippen molar-refractivity contribution in [3.8, 4) is 5.75 Å². The maximum absolute atomic E-state index is 12.2. The Labute approximate surface area is 151 Å². The van der Waals surface area contributed by atoms with Crippen molar-refractivity contribution in [1.29, 1.82) is 0 Å². The monoisotopic (exact) mass is 355 g/mol. The van der Waals surface area contributed by atoms with Crippen LogP contribution in [0.4, 0.5) is 10.5 Å². The molecule has 2 N–H and O–H groups in total. The summed E-state index contributed by atoms with van der Waals surface area (Å²) in [6.07, 6.45) is 3.47. The van der Waals surface area contributed by atoms with Gasteiger partial charge in [0.1, 0.15) is 12.4 Å². The Morgan fingerprint density at radius 2 is 2.08 bits per heavy atom. The highest BCUT2D eigenvalue weighted by molar-refractivity contribution is 6.30. The summed E-state index contributed by atoms with van der Waals surface area (Å²) in [7, 11) is 0. The predicted octanol–water partition coefficient (Wildman–Crippen LogP) is 4.48. The molecule has 0 saturated heterocycles. The highest BCUT2D eigenvalue weighted by atomic mass is 35.5. The molecule has 1 aromatic heterocycles. The van der Waals surface area contributed by atoms with Crippen molar-refractivity contribution in [3.63, 3.8) is 0 Å². The Kier molecular flexibility index (Phi) is 5.36. The fourth-order valence-corrected chi connectivity index (χ4v) is 2.61. The molecule has 2 aromatic carbocycles. The van der Waals surface area contributed by atoms with Crippen LogP contribution in [0.25, 0.3) is 10.8 Å². The zero-order valence-electron chi connectivity index (χ0n) is 13.7. The number of nitrogens with one attached hydrogen (secondary N) is 2. The van der Waals surface area contributed by atoms with Gasteiger partial charge in [-0.25, -0.2) is 4.79 Å². The number of urea groups is 1. The van der Waals surface area contributed by atoms with Gasteiger partial charge >= 0.3 is 6.03 Å². The van der Waals surface area contributed by atoms with Crippen LogP contribution in [0, 0.1) is 0 Å². The number of fused-ring (bicyclic) bond motifs is 1. The van der Waals surface area contributed by atoms with E-state index in [1.54, 1.807) is 24.5 Å². The lowest BCUT2D eigenvalue weighted by molar-refractivity contribution is 0.236. The van der Waals surface area contributed by atoms with Crippen LogP contribution in [-0.4, -0.2) is 23.7 Å². The van der Waals surface area contributed by atoms with Gasteiger partial charge in [0, 0.05) is 28.2 Å². The molecule has 0 spiro atoms. The molecular formula is C19H18ClN3O2. The number of pyridine rings is 1. The van der Waals surface area contributed by atoms with Crippen molar-refractivity contribution in [2.24, 2.45) is 0 Å². The number of carbonyl (C=O) groups is 1. The standard InChI is InChI=1S/C19H18ClN3O2/c1-13(12-25-16-6-3-5-15(20)10-16)22-19(24)23-18-7-2-4-14-11-21-9-8-17(14)18/h2-11,13H,12H2,1H3,(H2,22,23,24)/t13-/m0/s1. The van der Waals surface area contributed by atoms with Gasteiger partial charge in [-0.15, -0.1) is 0 Å². The van der Waals surface area contributed by atoms with Crippen LogP contribution in [0.1, 0.15) is 6.92 Å². The number of anilines is 1. The molecule has 6 heteroatoms. The quantitative estimate of drug-likeness (QED) is 0.709. The van der Waals surface area contributed by atoms with E-state index in [0.717, 1.165) is 16.5 Å². The van der Waals surface area contributed by atoms with Crippen LogP contribution in [0.3, 0.4) is 0 Å². The third kappa shape index (κ3) is 4.61. The Bertz CT molecular complexity index is 880. The van der Waals surface area contributed by atoms with Crippen LogP contribution in [0.2, 0.25) is 5.02 Å². The van der Waals surface area contributed by atoms with E-state index in [1.165, 1.54) is 0 Å². The second-order valence-corrected chi connectivity index (χ2v) is 6.11. The van der Waals surface area contributed by atoms with E-state index in [-0.39, 0.29) is 12.1 Å². The topological polar surface area (TPSA) is 63.2 Å². The van der Waals surface area contributed by atoms with Crippen molar-refractivity contribution < 1.29 is 9.53 Å². The summed E-state index contributed by atoms with van der Waals surface area (Å²) in [5.41, 5.74) is 0.736. The largest absolute Gasteiger partial charge is 0.491 e. The Balaban J connectivity index is 1.56. The zero-order valence-corrected chi connectivity index (χ0v) is 14.5. The molecule has 0 aliphatic rings. The van der Waals surface area contributed by atoms with E-state index >= 15 is 0 Å². The number of halogens is 1. The SMILES string of the molecule is C[C@@H](COc1cccc(Cl)c1)NC(=O)Nc1cccc2cnccc12. The lowest BCUT2D eigenvalue weighted by Gasteiger charge is -2.16. The van der Waals surface area contributed by atoms with Gasteiger partial charge in [0.05, 0.1) is 11.7 Å². The summed E-state index contributed by atoms with van der Waals surface area (Å²) in [5, 5.41) is 8.25. The Hall–Kier alpha value is -2.79. The molecule has 5 nitrogen and oxygen atoms in total. The maximum Gasteiger partial charge on any atom is 0.319 e. The van der Waals surface area contributed by atoms with Crippen molar-refractivity contribution >= 4 is 34.1 Å². The average Bonchev–Trinajstić information content (AvgIpc) is 2.60. The number of ether oxygens (including phenoxy) is 1. The molecule has 0 aliphatic carbocycles. The van der Waals surface area contributed by atoms with E-state index in [9.17, 15) is 4.79 Å². The number of amides is 2. The molecule has 25 heavy (non-hydrogen) atoms. The minimum Gasteiger partial charge on any atom is -0.491 e. The third-order valence-corrected chi connectivity index (χ3v) is 3.84. The summed E-state index contributed by atoms with van der Waals surface area (Å²) in [6, 6.07) is 14.3. The second-order valence-electron chi connectivity index (χ2n) is 5.67. The van der Waals surface area contributed by atoms with E-state index in [1.807, 2.05) is 43.3 Å². The number of carbonyl (C=O) groups excluding carboxylic acids is 1. The number of hydrogen-bond donors (Lipinski definition) is 2. The molecular weight excluding hydrogens is 338 g/mol. The molecule has 0 radical (unpaired) electrons. The summed E-state index contributed by atoms with van der Waals surface area (Å²) in [4.78, 5) is 16.3. The summed E-state index contributed by atoms with van der Waals surface area (Å²) in [6.45, 7) is 2.21. The van der Waals surface area contributed by atoms with Gasteiger partial charge in [0.25, 0.3) is 0 Å². The highest BCUT2D eigenvalue weighted by Crippen LogP contribution is 2.22. The minimum atomic E-state index is -0.286. The van der Waals surface area contributed by atoms with Gasteiger partial charge in [-0.1, -0.05) is 29.8 Å². The number of rotatable bonds is 5. The lowest BCUT2D eigenvalue weighted by atomic mass is 10.1. The Morgan fingerprint density at radius 1 is 1.24 bits per heavy atom. The van der Waals surface area contributed by atoms with Crippen molar-refractivity contribution in [2.75, 3.05) is 11.9 Å². The van der Waals surface area contributed by atoms with Gasteiger partial charge in [-0.05, 0) is 37.3 Å². The smallest absolute Gasteiger partial charge is 0.319 e. The molecule has 0 bridgehead atoms. The van der Waals surface area contributed by atoms with Gasteiger partial charge < -0.3 is 15.4 Å². The van der Waals surface area contributed by atoms with Gasteiger partial charge in [0.2, 0.25) is 0 Å². The van der Waals surface area contributed by atoms with Crippen LogP contribution in [0.5, 0.6) is 5.75 Å². The summed E-state index contributed by atoms with van der Waals surface area (Å²) in [5.74, 6) is 0.670. The average molecular weight is 356 g/mol. The molecule has 3 rings (SSSR count). The number of nitrogens with zero attached hydrogens (tertiary/aromatic N) is 1. The van der Waals surface area contributed by atoms with E-state index in [0.29, 0.717) is 17.4 Å². The first-order valence-corrected chi connectivity index (χ1v) is 8.28. The number of aromatic nitrogens is 1. The Morgan fingerprint density at radius 3 is 2.92 bits per heavy atom. The highest BCUT2D eigenvalue weighted by Gasteiger charge is 2.10. The van der Waals surface area contributed by atoms with Crippen LogP contribution in [-0.2, 0) is 0 Å². The molecule has 2 amide bonds. The van der Waals surface area contributed by atoms with Crippen LogP contribution < -0.4 is 15.4 Å². The van der Waals surface area contributed by atoms with Gasteiger partial charge in [-0.3, -0.25) is 4.98 Å². The van der Waals surface area contributed by atoms with Crippen LogP contribution >= 0.6 is 11.6 Å². The maximum atomic E-state index is 12.2. The fourth-order valence-electron chi connectivity index (χ4n) is 2.43. The van der Waals surface area contributed by atoms with Crippen LogP contribution in [0.15, 0.2) is 60.9 Å². The molecule has 1 atom stereocenters. The molecule has 0 saturated carbocycles. The normalized spacial score (nSPS) is 11.8.